The second-order valence-corrected chi connectivity index (χ2v) is 6.06. The van der Waals surface area contributed by atoms with E-state index < -0.39 is 12.0 Å². The highest BCUT2D eigenvalue weighted by molar-refractivity contribution is 5.49. The van der Waals surface area contributed by atoms with Gasteiger partial charge in [-0.15, -0.1) is 15.3 Å². The van der Waals surface area contributed by atoms with Crippen molar-refractivity contribution in [2.45, 2.75) is 19.6 Å². The first-order valence-corrected chi connectivity index (χ1v) is 8.10. The van der Waals surface area contributed by atoms with Crippen molar-refractivity contribution >= 4 is 17.2 Å². The first-order chi connectivity index (χ1) is 12.3. The van der Waals surface area contributed by atoms with Gasteiger partial charge >= 0.3 is 6.18 Å². The summed E-state index contributed by atoms with van der Waals surface area (Å²) in [5.41, 5.74) is 2.18. The number of fused-ring (bicyclic) bond motifs is 1. The van der Waals surface area contributed by atoms with E-state index in [0.29, 0.717) is 18.9 Å². The lowest BCUT2D eigenvalue weighted by Crippen LogP contribution is -2.24. The van der Waals surface area contributed by atoms with Gasteiger partial charge in [0.2, 0.25) is 0 Å². The summed E-state index contributed by atoms with van der Waals surface area (Å²) in [4.78, 5) is 3.89. The van der Waals surface area contributed by atoms with E-state index in [4.69, 9.17) is 0 Å². The lowest BCUT2D eigenvalue weighted by molar-refractivity contribution is -0.146. The van der Waals surface area contributed by atoms with E-state index in [2.05, 4.69) is 15.3 Å². The average Bonchev–Trinajstić information content (AvgIpc) is 3.03. The lowest BCUT2D eigenvalue weighted by Gasteiger charge is -2.22. The molecular formula is C17H19F3N6. The van der Waals surface area contributed by atoms with Crippen LogP contribution in [0.2, 0.25) is 0 Å². The van der Waals surface area contributed by atoms with Crippen molar-refractivity contribution in [3.63, 3.8) is 0 Å². The molecule has 6 nitrogen and oxygen atoms in total. The van der Waals surface area contributed by atoms with E-state index in [1.807, 2.05) is 55.1 Å². The van der Waals surface area contributed by atoms with Crippen molar-refractivity contribution in [1.82, 2.24) is 19.8 Å². The van der Waals surface area contributed by atoms with E-state index in [0.717, 1.165) is 15.8 Å². The highest BCUT2D eigenvalue weighted by Crippen LogP contribution is 2.28. The van der Waals surface area contributed by atoms with Crippen LogP contribution in [-0.4, -0.2) is 40.5 Å². The van der Waals surface area contributed by atoms with E-state index in [-0.39, 0.29) is 5.65 Å². The SMILES string of the molecule is CCN(Cc1ccc(N(C)C)cc1)c1ccc2nnc(C(F)(F)F)n2n1. The van der Waals surface area contributed by atoms with Gasteiger partial charge in [-0.25, -0.2) is 0 Å². The van der Waals surface area contributed by atoms with Crippen molar-refractivity contribution in [1.29, 1.82) is 0 Å². The molecule has 3 aromatic rings. The van der Waals surface area contributed by atoms with Gasteiger partial charge in [-0.1, -0.05) is 12.1 Å². The fourth-order valence-electron chi connectivity index (χ4n) is 2.60. The number of benzene rings is 1. The summed E-state index contributed by atoms with van der Waals surface area (Å²) in [6, 6.07) is 11.1. The summed E-state index contributed by atoms with van der Waals surface area (Å²) < 4.78 is 39.8. The molecule has 0 aliphatic carbocycles. The van der Waals surface area contributed by atoms with Crippen molar-refractivity contribution in [3.8, 4) is 0 Å². The zero-order valence-corrected chi connectivity index (χ0v) is 14.7. The van der Waals surface area contributed by atoms with Crippen molar-refractivity contribution in [3.05, 3.63) is 47.8 Å². The van der Waals surface area contributed by atoms with Crippen LogP contribution in [0.5, 0.6) is 0 Å². The minimum Gasteiger partial charge on any atom is -0.378 e. The van der Waals surface area contributed by atoms with Crippen molar-refractivity contribution in [2.75, 3.05) is 30.4 Å². The minimum absolute atomic E-state index is 0.0625. The predicted molar refractivity (Wildman–Crippen MR) is 93.3 cm³/mol. The Morgan fingerprint density at radius 3 is 2.27 bits per heavy atom. The number of alkyl halides is 3. The maximum absolute atomic E-state index is 13.0. The van der Waals surface area contributed by atoms with Crippen LogP contribution in [-0.2, 0) is 12.7 Å². The standard InChI is InChI=1S/C17H19F3N6/c1-4-25(11-12-5-7-13(8-6-12)24(2)3)15-10-9-14-21-22-16(17(18,19)20)26(14)23-15/h5-10H,4,11H2,1-3H3. The Kier molecular flexibility index (Phi) is 4.71. The molecule has 3 rings (SSSR count). The van der Waals surface area contributed by atoms with Gasteiger partial charge in [0.1, 0.15) is 5.82 Å². The number of nitrogens with zero attached hydrogens (tertiary/aromatic N) is 6. The van der Waals surface area contributed by atoms with Crippen LogP contribution in [0.3, 0.4) is 0 Å². The average molecular weight is 364 g/mol. The zero-order chi connectivity index (χ0) is 18.9. The molecule has 0 aliphatic heterocycles. The lowest BCUT2D eigenvalue weighted by atomic mass is 10.2. The van der Waals surface area contributed by atoms with Crippen LogP contribution in [0.15, 0.2) is 36.4 Å². The van der Waals surface area contributed by atoms with Crippen LogP contribution in [0.1, 0.15) is 18.3 Å². The Labute approximate surface area is 148 Å². The maximum Gasteiger partial charge on any atom is 0.453 e. The molecule has 0 saturated carbocycles. The fourth-order valence-corrected chi connectivity index (χ4v) is 2.60. The number of anilines is 2. The highest BCUT2D eigenvalue weighted by atomic mass is 19.4. The molecule has 9 heteroatoms. The topological polar surface area (TPSA) is 49.6 Å². The molecule has 0 saturated heterocycles. The van der Waals surface area contributed by atoms with Gasteiger partial charge in [0, 0.05) is 32.9 Å². The Balaban J connectivity index is 1.90. The van der Waals surface area contributed by atoms with Crippen molar-refractivity contribution in [2.24, 2.45) is 0 Å². The zero-order valence-electron chi connectivity index (χ0n) is 14.7. The van der Waals surface area contributed by atoms with Gasteiger partial charge in [-0.3, -0.25) is 0 Å². The Bertz CT molecular complexity index is 886. The van der Waals surface area contributed by atoms with Gasteiger partial charge in [0.25, 0.3) is 5.82 Å². The molecule has 2 heterocycles. The van der Waals surface area contributed by atoms with Crippen LogP contribution in [0.4, 0.5) is 24.7 Å². The highest BCUT2D eigenvalue weighted by Gasteiger charge is 2.37. The molecular weight excluding hydrogens is 345 g/mol. The van der Waals surface area contributed by atoms with Crippen LogP contribution >= 0.6 is 0 Å². The summed E-state index contributed by atoms with van der Waals surface area (Å²) in [6.45, 7) is 3.06. The third-order valence-electron chi connectivity index (χ3n) is 4.03. The summed E-state index contributed by atoms with van der Waals surface area (Å²) in [6.07, 6.45) is -4.61. The minimum atomic E-state index is -4.61. The van der Waals surface area contributed by atoms with Crippen LogP contribution in [0.25, 0.3) is 5.65 Å². The molecule has 0 N–H and O–H groups in total. The third kappa shape index (κ3) is 3.56. The summed E-state index contributed by atoms with van der Waals surface area (Å²) >= 11 is 0. The smallest absolute Gasteiger partial charge is 0.378 e. The Morgan fingerprint density at radius 2 is 1.69 bits per heavy atom. The van der Waals surface area contributed by atoms with Crippen molar-refractivity contribution < 1.29 is 13.2 Å². The molecule has 0 unspecified atom stereocenters. The second kappa shape index (κ2) is 6.81. The van der Waals surface area contributed by atoms with Gasteiger partial charge in [0.15, 0.2) is 5.65 Å². The second-order valence-electron chi connectivity index (χ2n) is 6.06. The number of rotatable bonds is 5. The molecule has 0 radical (unpaired) electrons. The molecule has 1 aromatic carbocycles. The fraction of sp³-hybridized carbons (Fsp3) is 0.353. The molecule has 0 atom stereocenters. The number of halogens is 3. The third-order valence-corrected chi connectivity index (χ3v) is 4.03. The molecule has 0 amide bonds. The molecule has 0 fully saturated rings. The maximum atomic E-state index is 13.0. The summed E-state index contributed by atoms with van der Waals surface area (Å²) in [5, 5.41) is 10.8. The summed E-state index contributed by atoms with van der Waals surface area (Å²) in [7, 11) is 3.92. The number of hydrogen-bond donors (Lipinski definition) is 0. The predicted octanol–water partition coefficient (Wildman–Crippen LogP) is 3.24. The molecule has 138 valence electrons. The Hall–Kier alpha value is -2.84. The molecule has 0 aliphatic rings. The first kappa shape index (κ1) is 18.0. The molecule has 2 aromatic heterocycles. The van der Waals surface area contributed by atoms with E-state index in [1.54, 1.807) is 6.07 Å². The van der Waals surface area contributed by atoms with Gasteiger partial charge in [-0.05, 0) is 36.8 Å². The first-order valence-electron chi connectivity index (χ1n) is 8.10. The monoisotopic (exact) mass is 364 g/mol. The largest absolute Gasteiger partial charge is 0.453 e. The van der Waals surface area contributed by atoms with E-state index >= 15 is 0 Å². The van der Waals surface area contributed by atoms with E-state index in [1.165, 1.54) is 6.07 Å². The molecule has 0 bridgehead atoms. The summed E-state index contributed by atoms with van der Waals surface area (Å²) in [5.74, 6) is -0.692. The molecule has 26 heavy (non-hydrogen) atoms. The van der Waals surface area contributed by atoms with Gasteiger partial charge < -0.3 is 9.80 Å². The van der Waals surface area contributed by atoms with Gasteiger partial charge in [-0.2, -0.15) is 17.7 Å². The normalized spacial score (nSPS) is 11.8. The van der Waals surface area contributed by atoms with Gasteiger partial charge in [0.05, 0.1) is 0 Å². The van der Waals surface area contributed by atoms with Crippen LogP contribution < -0.4 is 9.80 Å². The van der Waals surface area contributed by atoms with Crippen LogP contribution in [0, 0.1) is 0 Å². The quantitative estimate of drug-likeness (QED) is 0.696. The Morgan fingerprint density at radius 1 is 1.00 bits per heavy atom. The number of aromatic nitrogens is 4. The molecule has 0 spiro atoms. The van der Waals surface area contributed by atoms with E-state index in [9.17, 15) is 13.2 Å². The number of hydrogen-bond acceptors (Lipinski definition) is 5.